The van der Waals surface area contributed by atoms with Crippen molar-refractivity contribution in [3.05, 3.63) is 34.9 Å². The molecular weight excluding hydrogens is 272 g/mol. The van der Waals surface area contributed by atoms with E-state index in [1.165, 1.54) is 0 Å². The van der Waals surface area contributed by atoms with Gasteiger partial charge in [0.05, 0.1) is 0 Å². The minimum absolute atomic E-state index is 0.0818. The van der Waals surface area contributed by atoms with Gasteiger partial charge >= 0.3 is 0 Å². The van der Waals surface area contributed by atoms with Crippen molar-refractivity contribution in [3.8, 4) is 0 Å². The van der Waals surface area contributed by atoms with Crippen LogP contribution in [0.3, 0.4) is 0 Å². The maximum Gasteiger partial charge on any atom is 0.166 e. The fourth-order valence-corrected chi connectivity index (χ4v) is 2.94. The molecule has 1 saturated carbocycles. The number of halogens is 4. The fraction of sp³-hybridized carbons (Fsp3) is 0.571. The maximum absolute atomic E-state index is 14.0. The molecule has 0 radical (unpaired) electrons. The fourth-order valence-electron chi connectivity index (χ4n) is 2.94. The molecule has 3 rings (SSSR count). The molecule has 20 heavy (non-hydrogen) atoms. The van der Waals surface area contributed by atoms with Gasteiger partial charge in [-0.3, -0.25) is 4.90 Å². The van der Waals surface area contributed by atoms with Gasteiger partial charge in [0.1, 0.15) is 0 Å². The van der Waals surface area contributed by atoms with Crippen molar-refractivity contribution in [2.24, 2.45) is 5.92 Å². The summed E-state index contributed by atoms with van der Waals surface area (Å²) >= 11 is 0. The number of nitrogens with one attached hydrogen (secondary N) is 1. The van der Waals surface area contributed by atoms with Gasteiger partial charge in [-0.15, -0.1) is 0 Å². The summed E-state index contributed by atoms with van der Waals surface area (Å²) in [7, 11) is 0. The predicted molar refractivity (Wildman–Crippen MR) is 66.2 cm³/mol. The number of benzene rings is 1. The van der Waals surface area contributed by atoms with E-state index in [4.69, 9.17) is 0 Å². The molecule has 1 heterocycles. The number of hydrogen-bond acceptors (Lipinski definition) is 2. The molecule has 1 aliphatic carbocycles. The Bertz CT molecular complexity index is 484. The molecule has 110 valence electrons. The normalized spacial score (nSPS) is 22.0. The molecule has 0 aromatic heterocycles. The van der Waals surface area contributed by atoms with Gasteiger partial charge in [-0.1, -0.05) is 0 Å². The summed E-state index contributed by atoms with van der Waals surface area (Å²) in [6.45, 7) is 2.67. The van der Waals surface area contributed by atoms with Gasteiger partial charge in [0.2, 0.25) is 0 Å². The van der Waals surface area contributed by atoms with Crippen molar-refractivity contribution in [1.29, 1.82) is 0 Å². The van der Waals surface area contributed by atoms with Crippen LogP contribution in [0.25, 0.3) is 0 Å². The zero-order valence-electron chi connectivity index (χ0n) is 10.9. The summed E-state index contributed by atoms with van der Waals surface area (Å²) in [4.78, 5) is 1.93. The summed E-state index contributed by atoms with van der Waals surface area (Å²) in [5.74, 6) is -5.06. The van der Waals surface area contributed by atoms with Crippen LogP contribution in [0.1, 0.15) is 24.4 Å². The molecule has 0 spiro atoms. The third kappa shape index (κ3) is 2.42. The highest BCUT2D eigenvalue weighted by Crippen LogP contribution is 2.46. The maximum atomic E-state index is 14.0. The summed E-state index contributed by atoms with van der Waals surface area (Å²) in [5, 5.41) is 3.16. The van der Waals surface area contributed by atoms with Crippen molar-refractivity contribution in [3.63, 3.8) is 0 Å². The lowest BCUT2D eigenvalue weighted by atomic mass is 9.98. The zero-order valence-corrected chi connectivity index (χ0v) is 10.9. The van der Waals surface area contributed by atoms with Gasteiger partial charge in [-0.25, -0.2) is 17.6 Å². The summed E-state index contributed by atoms with van der Waals surface area (Å²) < 4.78 is 54.9. The average Bonchev–Trinajstić information content (AvgIpc) is 3.27. The summed E-state index contributed by atoms with van der Waals surface area (Å²) in [6, 6.07) is -0.294. The smallest absolute Gasteiger partial charge is 0.166 e. The van der Waals surface area contributed by atoms with Gasteiger partial charge in [-0.2, -0.15) is 0 Å². The van der Waals surface area contributed by atoms with Crippen molar-refractivity contribution >= 4 is 0 Å². The van der Waals surface area contributed by atoms with E-state index < -0.39 is 34.9 Å². The lowest BCUT2D eigenvalue weighted by Gasteiger charge is -2.35. The molecule has 1 N–H and O–H groups in total. The minimum atomic E-state index is -1.32. The molecule has 1 saturated heterocycles. The van der Waals surface area contributed by atoms with Crippen LogP contribution in [-0.2, 0) is 0 Å². The highest BCUT2D eigenvalue weighted by Gasteiger charge is 2.41. The predicted octanol–water partition coefficient (Wildman–Crippen LogP) is 2.60. The van der Waals surface area contributed by atoms with Gasteiger partial charge in [0.25, 0.3) is 0 Å². The Morgan fingerprint density at radius 3 is 2.05 bits per heavy atom. The first-order valence-corrected chi connectivity index (χ1v) is 6.87. The molecule has 0 unspecified atom stereocenters. The van der Waals surface area contributed by atoms with E-state index in [2.05, 4.69) is 5.32 Å². The van der Waals surface area contributed by atoms with Gasteiger partial charge in [0.15, 0.2) is 23.3 Å². The third-order valence-corrected chi connectivity index (χ3v) is 4.06. The average molecular weight is 288 g/mol. The lowest BCUT2D eigenvalue weighted by molar-refractivity contribution is 0.147. The zero-order chi connectivity index (χ0) is 14.3. The van der Waals surface area contributed by atoms with Crippen molar-refractivity contribution in [2.45, 2.75) is 18.9 Å². The first-order chi connectivity index (χ1) is 9.59. The van der Waals surface area contributed by atoms with Gasteiger partial charge in [-0.05, 0) is 18.8 Å². The monoisotopic (exact) mass is 288 g/mol. The summed E-state index contributed by atoms with van der Waals surface area (Å²) in [6.07, 6.45) is 1.68. The van der Waals surface area contributed by atoms with E-state index in [1.54, 1.807) is 0 Å². The van der Waals surface area contributed by atoms with Crippen LogP contribution in [-0.4, -0.2) is 31.1 Å². The topological polar surface area (TPSA) is 15.3 Å². The molecule has 2 aliphatic rings. The Morgan fingerprint density at radius 2 is 1.55 bits per heavy atom. The molecule has 1 aromatic rings. The number of nitrogens with zero attached hydrogens (tertiary/aromatic N) is 1. The highest BCUT2D eigenvalue weighted by molar-refractivity contribution is 5.27. The Labute approximate surface area is 114 Å². The quantitative estimate of drug-likeness (QED) is 0.679. The number of hydrogen-bond donors (Lipinski definition) is 1. The van der Waals surface area contributed by atoms with Crippen molar-refractivity contribution < 1.29 is 17.6 Å². The second-order valence-corrected chi connectivity index (χ2v) is 5.45. The van der Waals surface area contributed by atoms with Crippen LogP contribution in [0.4, 0.5) is 17.6 Å². The first-order valence-electron chi connectivity index (χ1n) is 6.87. The molecule has 0 bridgehead atoms. The van der Waals surface area contributed by atoms with E-state index in [0.717, 1.165) is 12.8 Å². The minimum Gasteiger partial charge on any atom is -0.314 e. The van der Waals surface area contributed by atoms with Crippen LogP contribution in [0.15, 0.2) is 6.07 Å². The number of piperazine rings is 1. The Morgan fingerprint density at radius 1 is 1.00 bits per heavy atom. The van der Waals surface area contributed by atoms with E-state index in [1.807, 2.05) is 4.90 Å². The molecule has 0 amide bonds. The molecule has 1 aromatic carbocycles. The van der Waals surface area contributed by atoms with Gasteiger partial charge < -0.3 is 5.32 Å². The van der Waals surface area contributed by atoms with Crippen LogP contribution in [0, 0.1) is 29.2 Å². The Balaban J connectivity index is 2.03. The standard InChI is InChI=1S/C14H16F4N2/c15-9-7-10(16)13(18)11(12(9)17)14(8-1-2-8)20-5-3-19-4-6-20/h7-8,14,19H,1-6H2/t14-/m0/s1. The SMILES string of the molecule is Fc1cc(F)c(F)c([C@H](C2CC2)N2CCNCC2)c1F. The molecular formula is C14H16F4N2. The molecule has 1 aliphatic heterocycles. The van der Waals surface area contributed by atoms with E-state index in [0.29, 0.717) is 26.2 Å². The second kappa shape index (κ2) is 5.33. The van der Waals surface area contributed by atoms with Crippen LogP contribution >= 0.6 is 0 Å². The largest absolute Gasteiger partial charge is 0.314 e. The van der Waals surface area contributed by atoms with Crippen LogP contribution < -0.4 is 5.32 Å². The molecule has 2 nitrogen and oxygen atoms in total. The molecule has 2 fully saturated rings. The van der Waals surface area contributed by atoms with E-state index in [-0.39, 0.29) is 12.0 Å². The van der Waals surface area contributed by atoms with Crippen molar-refractivity contribution in [1.82, 2.24) is 10.2 Å². The molecule has 1 atom stereocenters. The Kier molecular flexibility index (Phi) is 3.69. The van der Waals surface area contributed by atoms with Crippen LogP contribution in [0.5, 0.6) is 0 Å². The number of rotatable bonds is 3. The van der Waals surface area contributed by atoms with E-state index >= 15 is 0 Å². The molecule has 6 heteroatoms. The highest BCUT2D eigenvalue weighted by atomic mass is 19.2. The van der Waals surface area contributed by atoms with E-state index in [9.17, 15) is 17.6 Å². The summed E-state index contributed by atoms with van der Waals surface area (Å²) in [5.41, 5.74) is -0.438. The third-order valence-electron chi connectivity index (χ3n) is 4.06. The Hall–Kier alpha value is -1.14. The van der Waals surface area contributed by atoms with Crippen molar-refractivity contribution in [2.75, 3.05) is 26.2 Å². The van der Waals surface area contributed by atoms with Crippen LogP contribution in [0.2, 0.25) is 0 Å². The second-order valence-electron chi connectivity index (χ2n) is 5.45. The first kappa shape index (κ1) is 13.8. The van der Waals surface area contributed by atoms with Gasteiger partial charge in [0, 0.05) is 43.9 Å². The lowest BCUT2D eigenvalue weighted by Crippen LogP contribution is -2.46.